The summed E-state index contributed by atoms with van der Waals surface area (Å²) in [5, 5.41) is 3.51. The highest BCUT2D eigenvalue weighted by Gasteiger charge is 2.37. The number of nitrogens with one attached hydrogen (secondary N) is 1. The van der Waals surface area contributed by atoms with Crippen molar-refractivity contribution >= 4 is 6.09 Å². The lowest BCUT2D eigenvalue weighted by Gasteiger charge is -2.24. The van der Waals surface area contributed by atoms with Gasteiger partial charge >= 0.3 is 6.09 Å². The zero-order valence-electron chi connectivity index (χ0n) is 14.8. The maximum atomic E-state index is 12.2. The Labute approximate surface area is 139 Å². The van der Waals surface area contributed by atoms with E-state index in [2.05, 4.69) is 24.4 Å². The predicted molar refractivity (Wildman–Crippen MR) is 90.4 cm³/mol. The second kappa shape index (κ2) is 7.32. The molecule has 5 nitrogen and oxygen atoms in total. The third kappa shape index (κ3) is 4.94. The first kappa shape index (κ1) is 17.8. The molecule has 2 rings (SSSR count). The summed E-state index contributed by atoms with van der Waals surface area (Å²) >= 11 is 0. The van der Waals surface area contributed by atoms with Crippen molar-refractivity contribution in [2.24, 2.45) is 0 Å². The van der Waals surface area contributed by atoms with E-state index >= 15 is 0 Å². The quantitative estimate of drug-likeness (QED) is 0.927. The lowest BCUT2D eigenvalue weighted by atomic mass is 10.1. The number of rotatable bonds is 4. The molecule has 0 aliphatic carbocycles. The number of aryl methyl sites for hydroxylation is 1. The maximum Gasteiger partial charge on any atom is 0.410 e. The highest BCUT2D eigenvalue weighted by Crippen LogP contribution is 2.18. The summed E-state index contributed by atoms with van der Waals surface area (Å²) in [7, 11) is 1.69. The van der Waals surface area contributed by atoms with Crippen molar-refractivity contribution in [2.45, 2.75) is 52.0 Å². The Morgan fingerprint density at radius 1 is 1.30 bits per heavy atom. The van der Waals surface area contributed by atoms with Gasteiger partial charge in [-0.15, -0.1) is 0 Å². The van der Waals surface area contributed by atoms with Crippen molar-refractivity contribution in [1.82, 2.24) is 10.2 Å². The molecule has 1 unspecified atom stereocenters. The van der Waals surface area contributed by atoms with Crippen LogP contribution in [0.4, 0.5) is 4.79 Å². The molecule has 23 heavy (non-hydrogen) atoms. The molecule has 5 heteroatoms. The van der Waals surface area contributed by atoms with Crippen molar-refractivity contribution < 1.29 is 14.3 Å². The Balaban J connectivity index is 1.94. The van der Waals surface area contributed by atoms with E-state index in [1.807, 2.05) is 32.9 Å². The zero-order valence-corrected chi connectivity index (χ0v) is 14.8. The van der Waals surface area contributed by atoms with Crippen LogP contribution < -0.4 is 5.32 Å². The van der Waals surface area contributed by atoms with Crippen molar-refractivity contribution in [3.63, 3.8) is 0 Å². The van der Waals surface area contributed by atoms with Crippen LogP contribution in [0.3, 0.4) is 0 Å². The molecule has 1 heterocycles. The van der Waals surface area contributed by atoms with E-state index in [0.717, 1.165) is 6.54 Å². The second-order valence-electron chi connectivity index (χ2n) is 7.07. The zero-order chi connectivity index (χ0) is 17.0. The van der Waals surface area contributed by atoms with Gasteiger partial charge in [0.15, 0.2) is 0 Å². The normalized spacial score (nSPS) is 21.5. The van der Waals surface area contributed by atoms with Crippen molar-refractivity contribution in [3.05, 3.63) is 35.4 Å². The molecule has 1 N–H and O–H groups in total. The molecule has 1 aliphatic heterocycles. The van der Waals surface area contributed by atoms with Crippen LogP contribution in [0.2, 0.25) is 0 Å². The molecule has 1 aliphatic rings. The van der Waals surface area contributed by atoms with Gasteiger partial charge in [-0.1, -0.05) is 24.3 Å². The number of ether oxygens (including phenoxy) is 2. The largest absolute Gasteiger partial charge is 0.444 e. The van der Waals surface area contributed by atoms with Gasteiger partial charge in [-0.2, -0.15) is 0 Å². The molecule has 0 spiro atoms. The molecular weight excluding hydrogens is 292 g/mol. The number of hydrogen-bond donors (Lipinski definition) is 1. The van der Waals surface area contributed by atoms with Crippen molar-refractivity contribution in [3.8, 4) is 0 Å². The topological polar surface area (TPSA) is 50.8 Å². The van der Waals surface area contributed by atoms with Crippen LogP contribution in [-0.2, 0) is 16.0 Å². The Morgan fingerprint density at radius 3 is 2.61 bits per heavy atom. The number of methoxy groups -OCH3 is 1. The molecular formula is C18H28N2O3. The minimum Gasteiger partial charge on any atom is -0.444 e. The van der Waals surface area contributed by atoms with Crippen LogP contribution in [0.15, 0.2) is 24.3 Å². The molecule has 1 amide bonds. The summed E-state index contributed by atoms with van der Waals surface area (Å²) < 4.78 is 11.0. The summed E-state index contributed by atoms with van der Waals surface area (Å²) in [6.45, 7) is 9.65. The Morgan fingerprint density at radius 2 is 2.00 bits per heavy atom. The summed E-state index contributed by atoms with van der Waals surface area (Å²) in [5.74, 6) is 0. The number of hydrogen-bond acceptors (Lipinski definition) is 4. The molecule has 128 valence electrons. The van der Waals surface area contributed by atoms with Gasteiger partial charge in [0.25, 0.3) is 0 Å². The molecule has 0 radical (unpaired) electrons. The fourth-order valence-electron chi connectivity index (χ4n) is 2.73. The molecule has 0 bridgehead atoms. The molecule has 1 aromatic rings. The molecule has 0 saturated carbocycles. The smallest absolute Gasteiger partial charge is 0.410 e. The number of nitrogens with zero attached hydrogens (tertiary/aromatic N) is 1. The van der Waals surface area contributed by atoms with Gasteiger partial charge in [0.1, 0.15) is 5.60 Å². The summed E-state index contributed by atoms with van der Waals surface area (Å²) in [6, 6.07) is 8.40. The molecule has 0 aromatic heterocycles. The Kier molecular flexibility index (Phi) is 5.65. The third-order valence-electron chi connectivity index (χ3n) is 4.04. The number of benzene rings is 1. The van der Waals surface area contributed by atoms with E-state index in [1.165, 1.54) is 11.1 Å². The van der Waals surface area contributed by atoms with Crippen LogP contribution in [0.25, 0.3) is 0 Å². The highest BCUT2D eigenvalue weighted by atomic mass is 16.6. The van der Waals surface area contributed by atoms with Crippen LogP contribution in [0.1, 0.15) is 31.9 Å². The monoisotopic (exact) mass is 320 g/mol. The minimum absolute atomic E-state index is 0.0217. The Bertz CT molecular complexity index is 539. The Hall–Kier alpha value is -1.59. The van der Waals surface area contributed by atoms with Gasteiger partial charge < -0.3 is 19.7 Å². The van der Waals surface area contributed by atoms with Crippen molar-refractivity contribution in [2.75, 3.05) is 20.2 Å². The number of carbonyl (C=O) groups is 1. The van der Waals surface area contributed by atoms with Crippen LogP contribution in [-0.4, -0.2) is 48.9 Å². The molecule has 1 fully saturated rings. The van der Waals surface area contributed by atoms with E-state index in [-0.39, 0.29) is 18.2 Å². The predicted octanol–water partition coefficient (Wildman–Crippen LogP) is 2.72. The second-order valence-corrected chi connectivity index (χ2v) is 7.07. The average Bonchev–Trinajstić information content (AvgIpc) is 2.88. The van der Waals surface area contributed by atoms with Crippen LogP contribution >= 0.6 is 0 Å². The fraction of sp³-hybridized carbons (Fsp3) is 0.611. The standard InChI is InChI=1S/C18H28N2O3/c1-13-8-6-7-9-14(13)10-19-15-11-20(12-16(15)22-5)17(21)23-18(2,3)4/h6-9,15-16,19H,10-12H2,1-5H3/t15?,16-/m0/s1. The molecule has 1 aromatic carbocycles. The SMILES string of the molecule is CO[C@H]1CN(C(=O)OC(C)(C)C)CC1NCc1ccccc1C. The molecule has 2 atom stereocenters. The van der Waals surface area contributed by atoms with Crippen LogP contribution in [0.5, 0.6) is 0 Å². The third-order valence-corrected chi connectivity index (χ3v) is 4.04. The van der Waals surface area contributed by atoms with E-state index < -0.39 is 5.60 Å². The van der Waals surface area contributed by atoms with Crippen LogP contribution in [0, 0.1) is 6.92 Å². The first-order valence-electron chi connectivity index (χ1n) is 8.09. The van der Waals surface area contributed by atoms with Gasteiger partial charge in [0.2, 0.25) is 0 Å². The fourth-order valence-corrected chi connectivity index (χ4v) is 2.73. The van der Waals surface area contributed by atoms with Gasteiger partial charge in [0, 0.05) is 20.2 Å². The maximum absolute atomic E-state index is 12.2. The molecule has 1 saturated heterocycles. The lowest BCUT2D eigenvalue weighted by Crippen LogP contribution is -2.40. The first-order chi connectivity index (χ1) is 10.8. The summed E-state index contributed by atoms with van der Waals surface area (Å²) in [5.41, 5.74) is 2.04. The number of carbonyl (C=O) groups excluding carboxylic acids is 1. The van der Waals surface area contributed by atoms with Gasteiger partial charge in [0.05, 0.1) is 18.7 Å². The highest BCUT2D eigenvalue weighted by molar-refractivity contribution is 5.68. The van der Waals surface area contributed by atoms with Gasteiger partial charge in [-0.25, -0.2) is 4.79 Å². The number of likely N-dealkylation sites (tertiary alicyclic amines) is 1. The first-order valence-corrected chi connectivity index (χ1v) is 8.09. The van der Waals surface area contributed by atoms with E-state index in [0.29, 0.717) is 13.1 Å². The lowest BCUT2D eigenvalue weighted by molar-refractivity contribution is 0.0252. The number of amides is 1. The van der Waals surface area contributed by atoms with Gasteiger partial charge in [-0.3, -0.25) is 0 Å². The average molecular weight is 320 g/mol. The van der Waals surface area contributed by atoms with Crippen molar-refractivity contribution in [1.29, 1.82) is 0 Å². The van der Waals surface area contributed by atoms with E-state index in [1.54, 1.807) is 12.0 Å². The summed E-state index contributed by atoms with van der Waals surface area (Å²) in [4.78, 5) is 13.9. The minimum atomic E-state index is -0.480. The summed E-state index contributed by atoms with van der Waals surface area (Å²) in [6.07, 6.45) is -0.300. The van der Waals surface area contributed by atoms with E-state index in [4.69, 9.17) is 9.47 Å². The van der Waals surface area contributed by atoms with Gasteiger partial charge in [-0.05, 0) is 38.8 Å². The van der Waals surface area contributed by atoms with E-state index in [9.17, 15) is 4.79 Å².